The monoisotopic (exact) mass is 254 g/mol. The number of rotatable bonds is 4. The number of anilines is 1. The Morgan fingerprint density at radius 1 is 1.29 bits per heavy atom. The van der Waals surface area contributed by atoms with Gasteiger partial charge in [-0.1, -0.05) is 6.42 Å². The van der Waals surface area contributed by atoms with Gasteiger partial charge in [-0.15, -0.1) is 0 Å². The van der Waals surface area contributed by atoms with Crippen molar-refractivity contribution in [1.29, 1.82) is 0 Å². The average Bonchev–Trinajstić information content (AvgIpc) is 2.13. The largest absolute Gasteiger partial charge is 0.382 e. The van der Waals surface area contributed by atoms with Gasteiger partial charge in [-0.05, 0) is 49.9 Å². The molecule has 1 unspecified atom stereocenters. The van der Waals surface area contributed by atoms with Crippen molar-refractivity contribution in [1.82, 2.24) is 0 Å². The van der Waals surface area contributed by atoms with E-state index in [2.05, 4.69) is 12.2 Å². The van der Waals surface area contributed by atoms with Crippen molar-refractivity contribution in [2.24, 2.45) is 11.1 Å². The van der Waals surface area contributed by atoms with E-state index in [9.17, 15) is 8.42 Å². The van der Waals surface area contributed by atoms with Crippen LogP contribution in [0.5, 0.6) is 0 Å². The van der Waals surface area contributed by atoms with Crippen LogP contribution in [0.15, 0.2) is 29.2 Å². The predicted molar refractivity (Wildman–Crippen MR) is 68.2 cm³/mol. The van der Waals surface area contributed by atoms with Gasteiger partial charge in [0.2, 0.25) is 10.0 Å². The van der Waals surface area contributed by atoms with E-state index in [1.807, 2.05) is 0 Å². The lowest BCUT2D eigenvalue weighted by Crippen LogP contribution is -2.30. The van der Waals surface area contributed by atoms with Gasteiger partial charge in [0.05, 0.1) is 4.90 Å². The molecule has 1 aliphatic rings. The Morgan fingerprint density at radius 2 is 1.88 bits per heavy atom. The van der Waals surface area contributed by atoms with Crippen molar-refractivity contribution in [3.05, 3.63) is 24.3 Å². The maximum absolute atomic E-state index is 11.1. The molecule has 0 saturated heterocycles. The van der Waals surface area contributed by atoms with Crippen molar-refractivity contribution < 1.29 is 8.42 Å². The molecule has 5 heteroatoms. The summed E-state index contributed by atoms with van der Waals surface area (Å²) < 4.78 is 22.2. The van der Waals surface area contributed by atoms with Gasteiger partial charge in [0.1, 0.15) is 0 Å². The zero-order valence-electron chi connectivity index (χ0n) is 9.89. The van der Waals surface area contributed by atoms with Crippen molar-refractivity contribution in [3.63, 3.8) is 0 Å². The fourth-order valence-corrected chi connectivity index (χ4v) is 2.58. The summed E-state index contributed by atoms with van der Waals surface area (Å²) in [6.07, 6.45) is 3.88. The highest BCUT2D eigenvalue weighted by atomic mass is 32.2. The van der Waals surface area contributed by atoms with E-state index in [-0.39, 0.29) is 4.90 Å². The van der Waals surface area contributed by atoms with Crippen LogP contribution in [0.2, 0.25) is 0 Å². The lowest BCUT2D eigenvalue weighted by atomic mass is 9.80. The van der Waals surface area contributed by atoms with E-state index in [1.165, 1.54) is 31.4 Å². The van der Waals surface area contributed by atoms with E-state index >= 15 is 0 Å². The molecule has 0 heterocycles. The van der Waals surface area contributed by atoms with Crippen molar-refractivity contribution in [2.75, 3.05) is 5.32 Å². The number of sulfonamides is 1. The average molecular weight is 254 g/mol. The molecule has 1 atom stereocenters. The van der Waals surface area contributed by atoms with Gasteiger partial charge in [-0.3, -0.25) is 0 Å². The molecule has 17 heavy (non-hydrogen) atoms. The molecule has 4 nitrogen and oxygen atoms in total. The molecule has 0 radical (unpaired) electrons. The first-order valence-electron chi connectivity index (χ1n) is 5.86. The highest BCUT2D eigenvalue weighted by Crippen LogP contribution is 2.31. The van der Waals surface area contributed by atoms with Crippen LogP contribution < -0.4 is 10.5 Å². The summed E-state index contributed by atoms with van der Waals surface area (Å²) in [7, 11) is -3.59. The molecule has 3 N–H and O–H groups in total. The lowest BCUT2D eigenvalue weighted by Gasteiger charge is -2.32. The molecule has 1 aromatic rings. The fraction of sp³-hybridized carbons (Fsp3) is 0.500. The van der Waals surface area contributed by atoms with Gasteiger partial charge in [-0.25, -0.2) is 13.6 Å². The van der Waals surface area contributed by atoms with E-state index in [0.717, 1.165) is 11.6 Å². The Kier molecular flexibility index (Phi) is 3.40. The molecule has 0 bridgehead atoms. The molecule has 1 saturated carbocycles. The first-order valence-corrected chi connectivity index (χ1v) is 7.41. The van der Waals surface area contributed by atoms with Gasteiger partial charge in [0.25, 0.3) is 0 Å². The van der Waals surface area contributed by atoms with Crippen LogP contribution in [-0.2, 0) is 10.0 Å². The second-order valence-electron chi connectivity index (χ2n) is 4.69. The summed E-state index contributed by atoms with van der Waals surface area (Å²) in [4.78, 5) is 0.152. The first kappa shape index (κ1) is 12.4. The Balaban J connectivity index is 2.03. The number of nitrogens with one attached hydrogen (secondary N) is 1. The smallest absolute Gasteiger partial charge is 0.238 e. The van der Waals surface area contributed by atoms with Crippen LogP contribution in [0.25, 0.3) is 0 Å². The van der Waals surface area contributed by atoms with E-state index < -0.39 is 10.0 Å². The SMILES string of the molecule is CC(Nc1ccc(S(N)(=O)=O)cc1)C1CCC1. The normalized spacial score (nSPS) is 18.5. The number of benzene rings is 1. The second kappa shape index (κ2) is 4.66. The summed E-state index contributed by atoms with van der Waals surface area (Å²) in [5.41, 5.74) is 0.941. The van der Waals surface area contributed by atoms with Crippen LogP contribution in [-0.4, -0.2) is 14.5 Å². The molecule has 0 amide bonds. The van der Waals surface area contributed by atoms with Crippen LogP contribution in [0, 0.1) is 5.92 Å². The van der Waals surface area contributed by atoms with Crippen LogP contribution in [0.1, 0.15) is 26.2 Å². The Morgan fingerprint density at radius 3 is 2.29 bits per heavy atom. The molecular formula is C12H18N2O2S. The van der Waals surface area contributed by atoms with Gasteiger partial charge in [-0.2, -0.15) is 0 Å². The van der Waals surface area contributed by atoms with Gasteiger partial charge >= 0.3 is 0 Å². The molecule has 1 fully saturated rings. The van der Waals surface area contributed by atoms with Crippen LogP contribution in [0.3, 0.4) is 0 Å². The van der Waals surface area contributed by atoms with E-state index in [1.54, 1.807) is 12.1 Å². The molecular weight excluding hydrogens is 236 g/mol. The molecule has 0 aliphatic heterocycles. The topological polar surface area (TPSA) is 72.2 Å². The summed E-state index contributed by atoms with van der Waals surface area (Å²) in [6, 6.07) is 7.02. The van der Waals surface area contributed by atoms with Crippen molar-refractivity contribution >= 4 is 15.7 Å². The Hall–Kier alpha value is -1.07. The standard InChI is InChI=1S/C12H18N2O2S/c1-9(10-3-2-4-10)14-11-5-7-12(8-6-11)17(13,15)16/h5-10,14H,2-4H2,1H3,(H2,13,15,16). The molecule has 2 rings (SSSR count). The van der Waals surface area contributed by atoms with Gasteiger partial charge in [0, 0.05) is 11.7 Å². The predicted octanol–water partition coefficient (Wildman–Crippen LogP) is 1.93. The zero-order chi connectivity index (χ0) is 12.5. The molecule has 1 aromatic carbocycles. The maximum Gasteiger partial charge on any atom is 0.238 e. The zero-order valence-corrected chi connectivity index (χ0v) is 10.7. The van der Waals surface area contributed by atoms with Crippen molar-refractivity contribution in [3.8, 4) is 0 Å². The van der Waals surface area contributed by atoms with Gasteiger partial charge in [0.15, 0.2) is 0 Å². The third kappa shape index (κ3) is 2.98. The maximum atomic E-state index is 11.1. The van der Waals surface area contributed by atoms with Crippen molar-refractivity contribution in [2.45, 2.75) is 37.1 Å². The first-order chi connectivity index (χ1) is 7.97. The quantitative estimate of drug-likeness (QED) is 0.862. The minimum absolute atomic E-state index is 0.152. The lowest BCUT2D eigenvalue weighted by molar-refractivity contribution is 0.285. The summed E-state index contributed by atoms with van der Waals surface area (Å²) in [6.45, 7) is 2.16. The van der Waals surface area contributed by atoms with E-state index in [4.69, 9.17) is 5.14 Å². The molecule has 94 valence electrons. The number of hydrogen-bond acceptors (Lipinski definition) is 3. The van der Waals surface area contributed by atoms with Gasteiger partial charge < -0.3 is 5.32 Å². The highest BCUT2D eigenvalue weighted by molar-refractivity contribution is 7.89. The number of primary sulfonamides is 1. The second-order valence-corrected chi connectivity index (χ2v) is 6.25. The highest BCUT2D eigenvalue weighted by Gasteiger charge is 2.23. The summed E-state index contributed by atoms with van der Waals surface area (Å²) in [5.74, 6) is 0.743. The summed E-state index contributed by atoms with van der Waals surface area (Å²) in [5, 5.41) is 8.43. The fourth-order valence-electron chi connectivity index (χ4n) is 2.06. The van der Waals surface area contributed by atoms with Crippen LogP contribution >= 0.6 is 0 Å². The minimum Gasteiger partial charge on any atom is -0.382 e. The van der Waals surface area contributed by atoms with Crippen LogP contribution in [0.4, 0.5) is 5.69 Å². The summed E-state index contributed by atoms with van der Waals surface area (Å²) >= 11 is 0. The number of hydrogen-bond donors (Lipinski definition) is 2. The Labute approximate surface area is 102 Å². The molecule has 0 aromatic heterocycles. The Bertz CT molecular complexity index is 478. The third-order valence-electron chi connectivity index (χ3n) is 3.43. The molecule has 1 aliphatic carbocycles. The number of nitrogens with two attached hydrogens (primary N) is 1. The molecule has 0 spiro atoms. The van der Waals surface area contributed by atoms with E-state index in [0.29, 0.717) is 6.04 Å². The third-order valence-corrected chi connectivity index (χ3v) is 4.36. The minimum atomic E-state index is -3.59.